The van der Waals surface area contributed by atoms with E-state index in [4.69, 9.17) is 5.73 Å². The van der Waals surface area contributed by atoms with E-state index in [9.17, 15) is 4.79 Å². The highest BCUT2D eigenvalue weighted by molar-refractivity contribution is 5.91. The predicted molar refractivity (Wildman–Crippen MR) is 116 cm³/mol. The van der Waals surface area contributed by atoms with Gasteiger partial charge in [-0.2, -0.15) is 0 Å². The number of aryl methyl sites for hydroxylation is 2. The molecule has 0 unspecified atom stereocenters. The number of carbonyl (C=O) groups excluding carboxylic acids is 1. The summed E-state index contributed by atoms with van der Waals surface area (Å²) in [5, 5.41) is 0. The van der Waals surface area contributed by atoms with Gasteiger partial charge in [0.2, 0.25) is 5.82 Å². The van der Waals surface area contributed by atoms with Crippen molar-refractivity contribution in [2.45, 2.75) is 33.2 Å². The number of aromatic nitrogens is 2. The molecule has 0 saturated carbocycles. The van der Waals surface area contributed by atoms with Gasteiger partial charge in [0.1, 0.15) is 5.82 Å². The Morgan fingerprint density at radius 1 is 1.00 bits per heavy atom. The molecule has 154 valence electrons. The van der Waals surface area contributed by atoms with E-state index in [-0.39, 0.29) is 11.9 Å². The molecule has 7 nitrogen and oxygen atoms in total. The van der Waals surface area contributed by atoms with Crippen molar-refractivity contribution in [3.05, 3.63) is 46.9 Å². The summed E-state index contributed by atoms with van der Waals surface area (Å²) in [5.41, 5.74) is 10.5. The Labute approximate surface area is 172 Å². The van der Waals surface area contributed by atoms with E-state index in [1.165, 1.54) is 11.3 Å². The quantitative estimate of drug-likeness (QED) is 0.857. The first-order valence-electron chi connectivity index (χ1n) is 10.4. The molecule has 1 aromatic heterocycles. The highest BCUT2D eigenvalue weighted by atomic mass is 16.2. The zero-order chi connectivity index (χ0) is 20.5. The van der Waals surface area contributed by atoms with Crippen molar-refractivity contribution in [2.24, 2.45) is 5.73 Å². The maximum Gasteiger partial charge on any atom is 0.291 e. The van der Waals surface area contributed by atoms with Gasteiger partial charge in [0, 0.05) is 62.3 Å². The van der Waals surface area contributed by atoms with Crippen LogP contribution in [0.5, 0.6) is 0 Å². The minimum Gasteiger partial charge on any atom is -0.368 e. The number of nitrogens with two attached hydrogens (primary N) is 1. The molecular formula is C22H30N6O. The summed E-state index contributed by atoms with van der Waals surface area (Å²) in [5.74, 6) is 1.07. The van der Waals surface area contributed by atoms with Crippen molar-refractivity contribution in [3.8, 4) is 0 Å². The van der Waals surface area contributed by atoms with Crippen LogP contribution < -0.4 is 15.5 Å². The van der Waals surface area contributed by atoms with Crippen LogP contribution in [-0.2, 0) is 0 Å². The Balaban J connectivity index is 1.49. The molecule has 2 saturated heterocycles. The van der Waals surface area contributed by atoms with E-state index in [0.717, 1.165) is 49.7 Å². The molecule has 2 fully saturated rings. The normalized spacial score (nSPS) is 19.7. The van der Waals surface area contributed by atoms with Crippen LogP contribution in [0.1, 0.15) is 33.9 Å². The molecule has 2 N–H and O–H groups in total. The molecule has 1 amide bonds. The van der Waals surface area contributed by atoms with Crippen molar-refractivity contribution in [3.63, 3.8) is 0 Å². The summed E-state index contributed by atoms with van der Waals surface area (Å²) in [6, 6.07) is 8.56. The molecule has 0 spiro atoms. The van der Waals surface area contributed by atoms with E-state index in [2.05, 4.69) is 51.0 Å². The number of piperazine rings is 1. The zero-order valence-corrected chi connectivity index (χ0v) is 17.6. The van der Waals surface area contributed by atoms with Gasteiger partial charge in [0.25, 0.3) is 5.91 Å². The van der Waals surface area contributed by atoms with Crippen LogP contribution in [0.4, 0.5) is 11.5 Å². The Hall–Kier alpha value is -2.67. The van der Waals surface area contributed by atoms with E-state index >= 15 is 0 Å². The lowest BCUT2D eigenvalue weighted by molar-refractivity contribution is 0.0734. The lowest BCUT2D eigenvalue weighted by Gasteiger charge is -2.36. The first kappa shape index (κ1) is 19.6. The number of carbonyl (C=O) groups is 1. The van der Waals surface area contributed by atoms with E-state index in [0.29, 0.717) is 18.9 Å². The highest BCUT2D eigenvalue weighted by Gasteiger charge is 2.28. The van der Waals surface area contributed by atoms with Gasteiger partial charge in [-0.1, -0.05) is 18.2 Å². The number of anilines is 2. The Morgan fingerprint density at radius 3 is 2.38 bits per heavy atom. The van der Waals surface area contributed by atoms with E-state index < -0.39 is 0 Å². The average molecular weight is 395 g/mol. The van der Waals surface area contributed by atoms with Crippen LogP contribution >= 0.6 is 0 Å². The summed E-state index contributed by atoms with van der Waals surface area (Å²) >= 11 is 0. The summed E-state index contributed by atoms with van der Waals surface area (Å²) in [4.78, 5) is 28.7. The Morgan fingerprint density at radius 2 is 1.72 bits per heavy atom. The second-order valence-corrected chi connectivity index (χ2v) is 8.14. The first-order valence-corrected chi connectivity index (χ1v) is 10.4. The van der Waals surface area contributed by atoms with Crippen LogP contribution in [0.25, 0.3) is 0 Å². The van der Waals surface area contributed by atoms with Gasteiger partial charge in [0.05, 0.1) is 0 Å². The summed E-state index contributed by atoms with van der Waals surface area (Å²) in [6.07, 6.45) is 0.951. The van der Waals surface area contributed by atoms with Crippen molar-refractivity contribution in [2.75, 3.05) is 49.1 Å². The number of hydrogen-bond donors (Lipinski definition) is 1. The van der Waals surface area contributed by atoms with E-state index in [1.54, 1.807) is 0 Å². The number of benzene rings is 1. The SMILES string of the molecule is Cc1ccccc1N1CCN(C(=O)c2nc(C)c(C)c(N3CC[C@@H](N)C3)n2)CC1. The minimum atomic E-state index is -0.0812. The molecule has 7 heteroatoms. The van der Waals surface area contributed by atoms with Gasteiger partial charge in [-0.3, -0.25) is 4.79 Å². The Kier molecular flexibility index (Phi) is 5.41. The van der Waals surface area contributed by atoms with Crippen molar-refractivity contribution < 1.29 is 4.79 Å². The second kappa shape index (κ2) is 7.99. The maximum atomic E-state index is 13.1. The molecule has 0 aliphatic carbocycles. The lowest BCUT2D eigenvalue weighted by Crippen LogP contribution is -2.49. The first-order chi connectivity index (χ1) is 13.9. The van der Waals surface area contributed by atoms with Gasteiger partial charge >= 0.3 is 0 Å². The molecule has 29 heavy (non-hydrogen) atoms. The smallest absolute Gasteiger partial charge is 0.291 e. The van der Waals surface area contributed by atoms with Gasteiger partial charge in [-0.25, -0.2) is 9.97 Å². The van der Waals surface area contributed by atoms with Crippen molar-refractivity contribution in [1.29, 1.82) is 0 Å². The van der Waals surface area contributed by atoms with Gasteiger partial charge < -0.3 is 20.4 Å². The molecule has 4 rings (SSSR count). The average Bonchev–Trinajstić information content (AvgIpc) is 3.16. The van der Waals surface area contributed by atoms with Crippen molar-refractivity contribution >= 4 is 17.4 Å². The topological polar surface area (TPSA) is 78.6 Å². The van der Waals surface area contributed by atoms with Crippen LogP contribution in [0, 0.1) is 20.8 Å². The molecule has 0 radical (unpaired) electrons. The molecule has 2 aliphatic rings. The number of hydrogen-bond acceptors (Lipinski definition) is 6. The van der Waals surface area contributed by atoms with Gasteiger partial charge in [-0.05, 0) is 38.8 Å². The second-order valence-electron chi connectivity index (χ2n) is 8.14. The number of amides is 1. The van der Waals surface area contributed by atoms with Crippen molar-refractivity contribution in [1.82, 2.24) is 14.9 Å². The van der Waals surface area contributed by atoms with Gasteiger partial charge in [-0.15, -0.1) is 0 Å². The fourth-order valence-corrected chi connectivity index (χ4v) is 4.21. The maximum absolute atomic E-state index is 13.1. The van der Waals surface area contributed by atoms with E-state index in [1.807, 2.05) is 18.7 Å². The molecule has 2 aliphatic heterocycles. The third kappa shape index (κ3) is 3.92. The zero-order valence-electron chi connectivity index (χ0n) is 17.6. The lowest BCUT2D eigenvalue weighted by atomic mass is 10.1. The number of para-hydroxylation sites is 1. The summed E-state index contributed by atoms with van der Waals surface area (Å²) in [6.45, 7) is 10.7. The van der Waals surface area contributed by atoms with Crippen LogP contribution in [0.15, 0.2) is 24.3 Å². The fraction of sp³-hybridized carbons (Fsp3) is 0.500. The fourth-order valence-electron chi connectivity index (χ4n) is 4.21. The molecule has 3 heterocycles. The summed E-state index contributed by atoms with van der Waals surface area (Å²) < 4.78 is 0. The van der Waals surface area contributed by atoms with Gasteiger partial charge in [0.15, 0.2) is 0 Å². The molecule has 1 aromatic carbocycles. The monoisotopic (exact) mass is 394 g/mol. The molecular weight excluding hydrogens is 364 g/mol. The van der Waals surface area contributed by atoms with Crippen LogP contribution in [-0.4, -0.2) is 66.1 Å². The predicted octanol–water partition coefficient (Wildman–Crippen LogP) is 1.90. The summed E-state index contributed by atoms with van der Waals surface area (Å²) in [7, 11) is 0. The molecule has 0 bridgehead atoms. The highest BCUT2D eigenvalue weighted by Crippen LogP contribution is 2.25. The standard InChI is InChI=1S/C22H30N6O/c1-15-6-4-5-7-19(15)26-10-12-27(13-11-26)22(29)20-24-17(3)16(2)21(25-20)28-9-8-18(23)14-28/h4-7,18H,8-14,23H2,1-3H3/t18-/m1/s1. The van der Waals surface area contributed by atoms with Crippen LogP contribution in [0.3, 0.4) is 0 Å². The molecule has 2 aromatic rings. The number of rotatable bonds is 3. The largest absolute Gasteiger partial charge is 0.368 e. The molecule has 1 atom stereocenters. The minimum absolute atomic E-state index is 0.0812. The van der Waals surface area contributed by atoms with Crippen LogP contribution in [0.2, 0.25) is 0 Å². The third-order valence-corrected chi connectivity index (χ3v) is 6.10. The number of nitrogens with zero attached hydrogens (tertiary/aromatic N) is 5. The Bertz CT molecular complexity index is 906. The third-order valence-electron chi connectivity index (χ3n) is 6.10.